The Morgan fingerprint density at radius 3 is 2.42 bits per heavy atom. The summed E-state index contributed by atoms with van der Waals surface area (Å²) in [6, 6.07) is 0. The lowest BCUT2D eigenvalue weighted by Crippen LogP contribution is -2.36. The first kappa shape index (κ1) is 15.4. The average molecular weight is 351 g/mol. The van der Waals surface area contributed by atoms with Crippen molar-refractivity contribution in [2.24, 2.45) is 11.8 Å². The van der Waals surface area contributed by atoms with Crippen molar-refractivity contribution in [3.05, 3.63) is 12.2 Å². The summed E-state index contributed by atoms with van der Waals surface area (Å²) in [5.41, 5.74) is 0. The number of amides is 2. The van der Waals surface area contributed by atoms with Gasteiger partial charge >= 0.3 is 5.38 Å². The molecule has 0 spiro atoms. The zero-order chi connectivity index (χ0) is 14.4. The van der Waals surface area contributed by atoms with E-state index < -0.39 is 32.7 Å². The summed E-state index contributed by atoms with van der Waals surface area (Å²) in [4.78, 5) is 24.0. The van der Waals surface area contributed by atoms with Crippen molar-refractivity contribution < 1.29 is 18.4 Å². The van der Waals surface area contributed by atoms with Gasteiger partial charge in [0.25, 0.3) is 3.67 Å². The number of hydrogen-bond donors (Lipinski definition) is 0. The molecule has 0 saturated carbocycles. The van der Waals surface area contributed by atoms with Crippen LogP contribution in [0.4, 0.5) is 8.78 Å². The summed E-state index contributed by atoms with van der Waals surface area (Å²) >= 11 is 15.6. The zero-order valence-electron chi connectivity index (χ0n) is 9.29. The van der Waals surface area contributed by atoms with Gasteiger partial charge in [-0.05, 0) is 24.4 Å². The number of carbonyl (C=O) groups is 2. The van der Waals surface area contributed by atoms with Crippen molar-refractivity contribution in [3.63, 3.8) is 0 Å². The Hall–Kier alpha value is -0.0400. The van der Waals surface area contributed by atoms with Gasteiger partial charge in [-0.15, -0.1) is 0 Å². The molecule has 106 valence electrons. The lowest BCUT2D eigenvalue weighted by molar-refractivity contribution is -0.133. The van der Waals surface area contributed by atoms with Gasteiger partial charge in [0.05, 0.1) is 11.8 Å². The van der Waals surface area contributed by atoms with Gasteiger partial charge in [0, 0.05) is 11.9 Å². The lowest BCUT2D eigenvalue weighted by atomic mass is 9.86. The number of carbonyl (C=O) groups excluding carboxylic acids is 2. The van der Waals surface area contributed by atoms with Gasteiger partial charge in [0.2, 0.25) is 11.8 Å². The Bertz CT molecular complexity index is 453. The molecule has 1 saturated heterocycles. The first-order valence-electron chi connectivity index (χ1n) is 5.33. The Kier molecular flexibility index (Phi) is 4.09. The minimum atomic E-state index is -3.98. The van der Waals surface area contributed by atoms with E-state index in [2.05, 4.69) is 0 Å². The molecule has 2 atom stereocenters. The van der Waals surface area contributed by atoms with Crippen LogP contribution >= 0.6 is 46.8 Å². The van der Waals surface area contributed by atoms with Crippen molar-refractivity contribution in [3.8, 4) is 0 Å². The predicted octanol–water partition coefficient (Wildman–Crippen LogP) is 3.55. The van der Waals surface area contributed by atoms with Crippen LogP contribution < -0.4 is 0 Å². The number of fused-ring (bicyclic) bond motifs is 1. The first-order chi connectivity index (χ1) is 8.65. The molecule has 19 heavy (non-hydrogen) atoms. The topological polar surface area (TPSA) is 37.4 Å². The molecule has 2 amide bonds. The monoisotopic (exact) mass is 349 g/mol. The van der Waals surface area contributed by atoms with Crippen molar-refractivity contribution in [1.82, 2.24) is 4.31 Å². The van der Waals surface area contributed by atoms with Gasteiger partial charge in [-0.2, -0.15) is 8.78 Å². The minimum absolute atomic E-state index is 0.0479. The molecule has 0 aromatic rings. The second kappa shape index (κ2) is 5.06. The van der Waals surface area contributed by atoms with E-state index in [1.807, 2.05) is 0 Å². The highest BCUT2D eigenvalue weighted by Crippen LogP contribution is 2.53. The largest absolute Gasteiger partial charge is 0.365 e. The summed E-state index contributed by atoms with van der Waals surface area (Å²) < 4.78 is 23.8. The molecular formula is C10H8Cl3F2NO2S. The van der Waals surface area contributed by atoms with Crippen molar-refractivity contribution in [1.29, 1.82) is 0 Å². The summed E-state index contributed by atoms with van der Waals surface area (Å²) in [5.74, 6) is -2.31. The number of nitrogens with zero attached hydrogens (tertiary/aromatic N) is 1. The summed E-state index contributed by atoms with van der Waals surface area (Å²) in [7, 11) is 0. The molecule has 0 bridgehead atoms. The molecule has 1 aliphatic carbocycles. The van der Waals surface area contributed by atoms with E-state index in [9.17, 15) is 18.4 Å². The molecule has 1 heterocycles. The van der Waals surface area contributed by atoms with Crippen LogP contribution in [0.5, 0.6) is 0 Å². The van der Waals surface area contributed by atoms with Crippen LogP contribution in [0.15, 0.2) is 12.2 Å². The van der Waals surface area contributed by atoms with Crippen LogP contribution in [0.3, 0.4) is 0 Å². The molecule has 2 rings (SSSR count). The van der Waals surface area contributed by atoms with Crippen LogP contribution in [-0.4, -0.2) is 25.2 Å². The third-order valence-corrected chi connectivity index (χ3v) is 5.47. The van der Waals surface area contributed by atoms with Gasteiger partial charge in [0.15, 0.2) is 0 Å². The van der Waals surface area contributed by atoms with Gasteiger partial charge in [0.1, 0.15) is 0 Å². The van der Waals surface area contributed by atoms with Gasteiger partial charge in [-0.1, -0.05) is 35.4 Å². The Morgan fingerprint density at radius 1 is 1.26 bits per heavy atom. The third-order valence-electron chi connectivity index (χ3n) is 2.96. The van der Waals surface area contributed by atoms with Crippen LogP contribution in [0, 0.1) is 11.8 Å². The number of rotatable bonds is 3. The molecule has 1 aliphatic heterocycles. The Balaban J connectivity index is 2.21. The number of halogens is 5. The number of allylic oxidation sites excluding steroid dienone is 1. The van der Waals surface area contributed by atoms with E-state index in [-0.39, 0.29) is 11.9 Å². The van der Waals surface area contributed by atoms with E-state index in [1.165, 1.54) is 0 Å². The van der Waals surface area contributed by atoms with Crippen molar-refractivity contribution in [2.75, 3.05) is 0 Å². The fourth-order valence-corrected chi connectivity index (χ4v) is 3.30. The lowest BCUT2D eigenvalue weighted by Gasteiger charge is -2.26. The number of alkyl halides is 5. The molecule has 1 fully saturated rings. The van der Waals surface area contributed by atoms with Crippen molar-refractivity contribution >= 4 is 58.6 Å². The maximum absolute atomic E-state index is 13.0. The highest BCUT2D eigenvalue weighted by Gasteiger charge is 2.57. The average Bonchev–Trinajstić information content (AvgIpc) is 2.54. The normalized spacial score (nSPS) is 27.9. The highest BCUT2D eigenvalue weighted by molar-refractivity contribution is 8.02. The fourth-order valence-electron chi connectivity index (χ4n) is 2.01. The summed E-state index contributed by atoms with van der Waals surface area (Å²) in [5, 5.41) is -3.98. The van der Waals surface area contributed by atoms with Gasteiger partial charge < -0.3 is 0 Å². The van der Waals surface area contributed by atoms with E-state index in [1.54, 1.807) is 12.2 Å². The highest BCUT2D eigenvalue weighted by atomic mass is 35.5. The van der Waals surface area contributed by atoms with E-state index in [4.69, 9.17) is 34.8 Å². The van der Waals surface area contributed by atoms with Crippen LogP contribution in [0.25, 0.3) is 0 Å². The fraction of sp³-hybridized carbons (Fsp3) is 0.600. The molecule has 0 radical (unpaired) electrons. The van der Waals surface area contributed by atoms with E-state index in [0.29, 0.717) is 17.1 Å². The second-order valence-electron chi connectivity index (χ2n) is 4.21. The molecule has 0 N–H and O–H groups in total. The van der Waals surface area contributed by atoms with Gasteiger partial charge in [-0.25, -0.2) is 4.31 Å². The molecule has 0 aromatic heterocycles. The zero-order valence-corrected chi connectivity index (χ0v) is 12.4. The summed E-state index contributed by atoms with van der Waals surface area (Å²) in [6.07, 6.45) is 4.55. The van der Waals surface area contributed by atoms with E-state index in [0.717, 1.165) is 0 Å². The molecule has 3 nitrogen and oxygen atoms in total. The predicted molar refractivity (Wildman–Crippen MR) is 70.0 cm³/mol. The number of hydrogen-bond acceptors (Lipinski definition) is 3. The van der Waals surface area contributed by atoms with E-state index >= 15 is 0 Å². The second-order valence-corrected chi connectivity index (χ2v) is 7.62. The maximum Gasteiger partial charge on any atom is 0.365 e. The quantitative estimate of drug-likeness (QED) is 0.338. The smallest absolute Gasteiger partial charge is 0.273 e. The SMILES string of the molecule is O=C1C2C=CCCC2C(=O)N1SC(Cl)(Cl)C(F)(F)Cl. The maximum atomic E-state index is 13.0. The van der Waals surface area contributed by atoms with Gasteiger partial charge in [-0.3, -0.25) is 9.59 Å². The van der Waals surface area contributed by atoms with Crippen LogP contribution in [0.1, 0.15) is 12.8 Å². The Labute approximate surface area is 127 Å². The molecule has 2 aliphatic rings. The minimum Gasteiger partial charge on any atom is -0.273 e. The Morgan fingerprint density at radius 2 is 1.89 bits per heavy atom. The molecule has 0 aromatic carbocycles. The molecule has 9 heteroatoms. The first-order valence-corrected chi connectivity index (χ1v) is 7.24. The van der Waals surface area contributed by atoms with Crippen LogP contribution in [0.2, 0.25) is 0 Å². The number of imide groups is 1. The summed E-state index contributed by atoms with van der Waals surface area (Å²) in [6.45, 7) is 0. The van der Waals surface area contributed by atoms with Crippen molar-refractivity contribution in [2.45, 2.75) is 21.9 Å². The third kappa shape index (κ3) is 2.73. The molecular weight excluding hydrogens is 343 g/mol. The molecule has 2 unspecified atom stereocenters. The van der Waals surface area contributed by atoms with Crippen LogP contribution in [-0.2, 0) is 9.59 Å². The standard InChI is InChI=1S/C10H8Cl3F2NO2S/c11-9(12,10(13,14)15)19-16-7(17)5-3-1-2-4-6(5)8(16)18/h1,3,5-6H,2,4H2.